The summed E-state index contributed by atoms with van der Waals surface area (Å²) in [5.41, 5.74) is 0.565. The largest absolute Gasteiger partial charge is 0.407 e. The minimum Gasteiger partial charge on any atom is -0.169 e. The molecule has 2 rings (SSSR count). The fraction of sp³-hybridized carbons (Fsp3) is 0.333. The van der Waals surface area contributed by atoms with Gasteiger partial charge in [-0.2, -0.15) is 13.2 Å². The Hall–Kier alpha value is -0.750. The third kappa shape index (κ3) is 2.10. The second-order valence-electron chi connectivity index (χ2n) is 3.28. The maximum atomic E-state index is 13.1. The van der Waals surface area contributed by atoms with Gasteiger partial charge in [0.2, 0.25) is 0 Å². The predicted octanol–water partition coefficient (Wildman–Crippen LogP) is 3.10. The Morgan fingerprint density at radius 2 is 1.93 bits per heavy atom. The van der Waals surface area contributed by atoms with Crippen LogP contribution in [0.3, 0.4) is 0 Å². The van der Waals surface area contributed by atoms with Crippen molar-refractivity contribution in [1.29, 1.82) is 0 Å². The van der Waals surface area contributed by atoms with Crippen molar-refractivity contribution in [3.05, 3.63) is 29.8 Å². The number of nitrogens with zero attached hydrogens (tertiary/aromatic N) is 1. The first-order valence-corrected chi connectivity index (χ1v) is 5.14. The number of benzene rings is 1. The molecule has 1 atom stereocenters. The third-order valence-corrected chi connectivity index (χ3v) is 3.36. The van der Waals surface area contributed by atoms with Crippen LogP contribution in [0.25, 0.3) is 0 Å². The number of hydrogen-bond donors (Lipinski definition) is 1. The van der Waals surface area contributed by atoms with E-state index in [1.165, 1.54) is 0 Å². The Balaban J connectivity index is 2.30. The first kappa shape index (κ1) is 10.8. The van der Waals surface area contributed by atoms with Gasteiger partial charge < -0.3 is 0 Å². The van der Waals surface area contributed by atoms with E-state index in [1.807, 2.05) is 0 Å². The first-order chi connectivity index (χ1) is 6.98. The van der Waals surface area contributed by atoms with Crippen LogP contribution in [0.2, 0.25) is 0 Å². The second-order valence-corrected chi connectivity index (χ2v) is 4.34. The molecule has 1 radical (unpaired) electrons. The molecule has 0 aromatic heterocycles. The molecule has 0 fully saturated rings. The molecule has 0 spiro atoms. The van der Waals surface area contributed by atoms with E-state index >= 15 is 0 Å². The molecule has 15 heavy (non-hydrogen) atoms. The van der Waals surface area contributed by atoms with Crippen molar-refractivity contribution in [3.63, 3.8) is 0 Å². The molecule has 1 unspecified atom stereocenters. The number of rotatable bonds is 0. The minimum absolute atomic E-state index is 0.0297. The topological polar surface area (TPSA) is 3.24 Å². The van der Waals surface area contributed by atoms with Crippen LogP contribution in [-0.2, 0) is 6.42 Å². The van der Waals surface area contributed by atoms with Gasteiger partial charge in [0.25, 0.3) is 0 Å². The molecular formula is C9H8F4NS. The maximum Gasteiger partial charge on any atom is 0.407 e. The molecular weight excluding hydrogens is 230 g/mol. The van der Waals surface area contributed by atoms with Gasteiger partial charge in [0, 0.05) is 11.3 Å². The molecule has 1 heterocycles. The van der Waals surface area contributed by atoms with E-state index in [9.17, 15) is 17.7 Å². The van der Waals surface area contributed by atoms with Crippen LogP contribution in [0.4, 0.5) is 17.7 Å². The van der Waals surface area contributed by atoms with E-state index in [0.717, 1.165) is 0 Å². The Kier molecular flexibility index (Phi) is 2.64. The van der Waals surface area contributed by atoms with Gasteiger partial charge in [0.1, 0.15) is 0 Å². The van der Waals surface area contributed by atoms with Crippen LogP contribution in [0.15, 0.2) is 29.2 Å². The summed E-state index contributed by atoms with van der Waals surface area (Å²) in [6, 6.07) is 4.57. The quantitative estimate of drug-likeness (QED) is 0.413. The van der Waals surface area contributed by atoms with Gasteiger partial charge in [0.05, 0.1) is 0 Å². The molecule has 0 bridgehead atoms. The molecule has 0 amide bonds. The van der Waals surface area contributed by atoms with Crippen molar-refractivity contribution in [3.8, 4) is 0 Å². The number of fused-ring (bicyclic) bond motifs is 1. The first-order valence-electron chi connectivity index (χ1n) is 4.30. The van der Waals surface area contributed by atoms with Gasteiger partial charge in [-0.3, -0.25) is 0 Å². The molecule has 1 nitrogen and oxygen atoms in total. The Bertz CT molecular complexity index is 365. The Labute approximate surface area is 88.1 Å². The zero-order valence-corrected chi connectivity index (χ0v) is 8.39. The maximum absolute atomic E-state index is 13.1. The molecule has 1 aliphatic rings. The van der Waals surface area contributed by atoms with E-state index < -0.39 is 12.2 Å². The van der Waals surface area contributed by atoms with Crippen LogP contribution >= 0.6 is 11.9 Å². The molecule has 6 heteroatoms. The standard InChI is InChI=1S/C9H8F4NS/c10-9(11,12)8-5-6-3-1-2-4-7(6)15-14(8)13/h1-4,8,15H,5H2. The molecule has 0 saturated heterocycles. The average molecular weight is 238 g/mol. The minimum atomic E-state index is -4.52. The summed E-state index contributed by atoms with van der Waals surface area (Å²) in [7, 11) is 0. The van der Waals surface area contributed by atoms with Crippen molar-refractivity contribution >= 4 is 11.9 Å². The highest BCUT2D eigenvalue weighted by Gasteiger charge is 2.46. The van der Waals surface area contributed by atoms with Gasteiger partial charge in [-0.25, -0.2) is 0 Å². The van der Waals surface area contributed by atoms with Crippen molar-refractivity contribution in [2.45, 2.75) is 23.5 Å². The Morgan fingerprint density at radius 1 is 1.27 bits per heavy atom. The fourth-order valence-electron chi connectivity index (χ4n) is 1.47. The molecule has 1 aromatic rings. The number of halogens is 4. The van der Waals surface area contributed by atoms with Crippen LogP contribution < -0.4 is 0 Å². The second kappa shape index (κ2) is 3.68. The van der Waals surface area contributed by atoms with Gasteiger partial charge >= 0.3 is 6.18 Å². The summed E-state index contributed by atoms with van der Waals surface area (Å²) in [5.74, 6) is 0. The lowest BCUT2D eigenvalue weighted by atomic mass is 10.1. The van der Waals surface area contributed by atoms with E-state index in [2.05, 4.69) is 0 Å². The number of thiol groups is 1. The third-order valence-electron chi connectivity index (χ3n) is 2.24. The van der Waals surface area contributed by atoms with Crippen molar-refractivity contribution in [2.75, 3.05) is 0 Å². The molecule has 0 aliphatic carbocycles. The summed E-state index contributed by atoms with van der Waals surface area (Å²) in [4.78, 5) is 0.598. The van der Waals surface area contributed by atoms with Crippen molar-refractivity contribution in [2.24, 2.45) is 0 Å². The molecule has 1 aliphatic heterocycles. The number of alkyl halides is 3. The fourth-order valence-corrected chi connectivity index (χ4v) is 2.48. The summed E-state index contributed by atoms with van der Waals surface area (Å²) < 4.78 is 50.2. The van der Waals surface area contributed by atoms with E-state index in [0.29, 0.717) is 10.5 Å². The van der Waals surface area contributed by atoms with Crippen LogP contribution in [0, 0.1) is 0 Å². The summed E-state index contributed by atoms with van der Waals surface area (Å²) >= 11 is -0.0297. The average Bonchev–Trinajstić information content (AvgIpc) is 2.15. The smallest absolute Gasteiger partial charge is 0.169 e. The van der Waals surface area contributed by atoms with E-state index in [-0.39, 0.29) is 22.9 Å². The molecule has 0 saturated carbocycles. The van der Waals surface area contributed by atoms with Gasteiger partial charge in [-0.15, -0.1) is 4.48 Å². The lowest BCUT2D eigenvalue weighted by Crippen LogP contribution is -2.41. The lowest BCUT2D eigenvalue weighted by Gasteiger charge is -2.31. The molecule has 83 valence electrons. The monoisotopic (exact) mass is 238 g/mol. The normalized spacial score (nSPS) is 22.5. The lowest BCUT2D eigenvalue weighted by molar-refractivity contribution is -0.192. The zero-order valence-electron chi connectivity index (χ0n) is 7.50. The van der Waals surface area contributed by atoms with Gasteiger partial charge in [-0.05, 0) is 11.6 Å². The molecule has 0 N–H and O–H groups in total. The zero-order chi connectivity index (χ0) is 11.1. The summed E-state index contributed by atoms with van der Waals surface area (Å²) in [6.07, 6.45) is -4.83. The van der Waals surface area contributed by atoms with Crippen molar-refractivity contribution < 1.29 is 17.7 Å². The Morgan fingerprint density at radius 3 is 2.60 bits per heavy atom. The number of hydrogen-bond acceptors (Lipinski definition) is 1. The van der Waals surface area contributed by atoms with E-state index in [4.69, 9.17) is 0 Å². The van der Waals surface area contributed by atoms with E-state index in [1.54, 1.807) is 24.3 Å². The van der Waals surface area contributed by atoms with Gasteiger partial charge in [-0.1, -0.05) is 34.7 Å². The molecule has 1 aromatic carbocycles. The predicted molar refractivity (Wildman–Crippen MR) is 50.2 cm³/mol. The summed E-state index contributed by atoms with van der Waals surface area (Å²) in [5, 5.41) is 0. The SMILES string of the molecule is FN1[SH]c2ccccc2CC1C(F)(F)F. The van der Waals surface area contributed by atoms with Crippen LogP contribution in [0.5, 0.6) is 0 Å². The highest BCUT2D eigenvalue weighted by Crippen LogP contribution is 2.41. The summed E-state index contributed by atoms with van der Waals surface area (Å²) in [6.45, 7) is 0. The van der Waals surface area contributed by atoms with Crippen LogP contribution in [-0.4, -0.2) is 16.7 Å². The van der Waals surface area contributed by atoms with Gasteiger partial charge in [0.15, 0.2) is 6.04 Å². The van der Waals surface area contributed by atoms with Crippen molar-refractivity contribution in [1.82, 2.24) is 4.53 Å². The highest BCUT2D eigenvalue weighted by atomic mass is 32.2. The van der Waals surface area contributed by atoms with Crippen LogP contribution in [0.1, 0.15) is 5.56 Å². The highest BCUT2D eigenvalue weighted by molar-refractivity contribution is 7.97.